The number of carbonyl (C=O) groups is 1. The summed E-state index contributed by atoms with van der Waals surface area (Å²) < 4.78 is 0. The maximum Gasteiger partial charge on any atom is 0.221 e. The summed E-state index contributed by atoms with van der Waals surface area (Å²) in [6, 6.07) is 7.93. The fourth-order valence-electron chi connectivity index (χ4n) is 3.07. The highest BCUT2D eigenvalue weighted by molar-refractivity contribution is 6.30. The first-order chi connectivity index (χ1) is 9.52. The zero-order chi connectivity index (χ0) is 14.6. The summed E-state index contributed by atoms with van der Waals surface area (Å²) in [6.07, 6.45) is 4.99. The zero-order valence-corrected chi connectivity index (χ0v) is 14.0. The normalized spacial score (nSPS) is 17.9. The molecule has 1 amide bonds. The summed E-state index contributed by atoms with van der Waals surface area (Å²) in [7, 11) is 0. The Hall–Kier alpha value is -0.770. The van der Waals surface area contributed by atoms with Gasteiger partial charge in [-0.2, -0.15) is 0 Å². The number of amides is 1. The fourth-order valence-corrected chi connectivity index (χ4v) is 3.26. The molecule has 3 nitrogen and oxygen atoms in total. The van der Waals surface area contributed by atoms with Gasteiger partial charge >= 0.3 is 0 Å². The number of hydrogen-bond acceptors (Lipinski definition) is 2. The lowest BCUT2D eigenvalue weighted by Gasteiger charge is -2.30. The molecule has 0 saturated heterocycles. The van der Waals surface area contributed by atoms with Crippen molar-refractivity contribution in [2.45, 2.75) is 50.5 Å². The monoisotopic (exact) mass is 330 g/mol. The SMILES string of the molecule is CC(N)CC(=O)NCC1(c2cccc(Cl)c2)CCCC1.Cl. The molecule has 1 unspecified atom stereocenters. The number of carbonyl (C=O) groups excluding carboxylic acids is 1. The van der Waals surface area contributed by atoms with Gasteiger partial charge in [-0.1, -0.05) is 36.6 Å². The maximum atomic E-state index is 11.8. The lowest BCUT2D eigenvalue weighted by Crippen LogP contribution is -2.40. The van der Waals surface area contributed by atoms with E-state index in [-0.39, 0.29) is 29.8 Å². The summed E-state index contributed by atoms with van der Waals surface area (Å²) in [5.74, 6) is 0.0355. The van der Waals surface area contributed by atoms with Crippen molar-refractivity contribution in [3.63, 3.8) is 0 Å². The van der Waals surface area contributed by atoms with Crippen LogP contribution in [0.4, 0.5) is 0 Å². The molecule has 118 valence electrons. The molecule has 1 fully saturated rings. The minimum atomic E-state index is -0.0966. The van der Waals surface area contributed by atoms with Crippen LogP contribution in [0.3, 0.4) is 0 Å². The van der Waals surface area contributed by atoms with Crippen LogP contribution in [0.25, 0.3) is 0 Å². The van der Waals surface area contributed by atoms with Gasteiger partial charge in [-0.3, -0.25) is 4.79 Å². The average Bonchev–Trinajstić information content (AvgIpc) is 2.86. The molecule has 1 aromatic carbocycles. The van der Waals surface area contributed by atoms with Crippen LogP contribution in [-0.2, 0) is 10.2 Å². The Bertz CT molecular complexity index is 471. The van der Waals surface area contributed by atoms with Gasteiger partial charge in [0.15, 0.2) is 0 Å². The fraction of sp³-hybridized carbons (Fsp3) is 0.562. The first-order valence-electron chi connectivity index (χ1n) is 7.30. The minimum absolute atomic E-state index is 0. The second kappa shape index (κ2) is 8.02. The van der Waals surface area contributed by atoms with Gasteiger partial charge in [0.2, 0.25) is 5.91 Å². The number of nitrogens with two attached hydrogens (primary N) is 1. The summed E-state index contributed by atoms with van der Waals surface area (Å²) in [5.41, 5.74) is 6.94. The molecule has 0 heterocycles. The third-order valence-corrected chi connectivity index (χ3v) is 4.36. The van der Waals surface area contributed by atoms with Crippen LogP contribution < -0.4 is 11.1 Å². The van der Waals surface area contributed by atoms with E-state index in [0.717, 1.165) is 17.9 Å². The zero-order valence-electron chi connectivity index (χ0n) is 12.4. The second-order valence-corrected chi connectivity index (χ2v) is 6.39. The van der Waals surface area contributed by atoms with Gasteiger partial charge in [0.1, 0.15) is 0 Å². The van der Waals surface area contributed by atoms with Gasteiger partial charge in [-0.15, -0.1) is 12.4 Å². The van der Waals surface area contributed by atoms with Crippen LogP contribution in [-0.4, -0.2) is 18.5 Å². The Morgan fingerprint density at radius 3 is 2.67 bits per heavy atom. The molecule has 1 aromatic rings. The molecule has 1 saturated carbocycles. The number of nitrogens with one attached hydrogen (secondary N) is 1. The minimum Gasteiger partial charge on any atom is -0.355 e. The van der Waals surface area contributed by atoms with E-state index in [4.69, 9.17) is 17.3 Å². The molecule has 0 bridgehead atoms. The maximum absolute atomic E-state index is 11.8. The smallest absolute Gasteiger partial charge is 0.221 e. The largest absolute Gasteiger partial charge is 0.355 e. The quantitative estimate of drug-likeness (QED) is 0.868. The lowest BCUT2D eigenvalue weighted by atomic mass is 9.79. The number of halogens is 2. The van der Waals surface area contributed by atoms with Crippen LogP contribution in [0.5, 0.6) is 0 Å². The Morgan fingerprint density at radius 1 is 1.43 bits per heavy atom. The van der Waals surface area contributed by atoms with Gasteiger partial charge < -0.3 is 11.1 Å². The molecule has 2 rings (SSSR count). The van der Waals surface area contributed by atoms with Gasteiger partial charge in [0.25, 0.3) is 0 Å². The Morgan fingerprint density at radius 2 is 2.10 bits per heavy atom. The van der Waals surface area contributed by atoms with E-state index < -0.39 is 0 Å². The van der Waals surface area contributed by atoms with Crippen molar-refractivity contribution in [2.75, 3.05) is 6.54 Å². The van der Waals surface area contributed by atoms with Crippen LogP contribution in [0.15, 0.2) is 24.3 Å². The predicted octanol–water partition coefficient (Wildman–Crippen LogP) is 3.43. The highest BCUT2D eigenvalue weighted by Crippen LogP contribution is 2.41. The molecular formula is C16H24Cl2N2O. The summed E-state index contributed by atoms with van der Waals surface area (Å²) in [6.45, 7) is 2.53. The van der Waals surface area contributed by atoms with Crippen molar-refractivity contribution in [2.24, 2.45) is 5.73 Å². The molecule has 3 N–H and O–H groups in total. The van der Waals surface area contributed by atoms with Crippen molar-refractivity contribution in [1.29, 1.82) is 0 Å². The highest BCUT2D eigenvalue weighted by Gasteiger charge is 2.35. The number of benzene rings is 1. The molecule has 0 radical (unpaired) electrons. The Balaban J connectivity index is 0.00000220. The van der Waals surface area contributed by atoms with Crippen LogP contribution in [0.2, 0.25) is 5.02 Å². The van der Waals surface area contributed by atoms with Gasteiger partial charge in [0, 0.05) is 29.4 Å². The molecule has 1 aliphatic rings. The standard InChI is InChI=1S/C16H23ClN2O.ClH/c1-12(18)9-15(20)19-11-16(7-2-3-8-16)13-5-4-6-14(17)10-13;/h4-6,10,12H,2-3,7-9,11,18H2,1H3,(H,19,20);1H. The third-order valence-electron chi connectivity index (χ3n) is 4.13. The topological polar surface area (TPSA) is 55.1 Å². The van der Waals surface area contributed by atoms with Gasteiger partial charge in [0.05, 0.1) is 0 Å². The number of hydrogen-bond donors (Lipinski definition) is 2. The molecule has 5 heteroatoms. The van der Waals surface area contributed by atoms with Crippen LogP contribution in [0, 0.1) is 0 Å². The van der Waals surface area contributed by atoms with Crippen molar-refractivity contribution in [3.05, 3.63) is 34.9 Å². The van der Waals surface area contributed by atoms with E-state index in [2.05, 4.69) is 11.4 Å². The molecule has 0 aliphatic heterocycles. The highest BCUT2D eigenvalue weighted by atomic mass is 35.5. The van der Waals surface area contributed by atoms with Gasteiger partial charge in [-0.25, -0.2) is 0 Å². The molecule has 0 aromatic heterocycles. The average molecular weight is 331 g/mol. The van der Waals surface area contributed by atoms with Crippen molar-refractivity contribution in [3.8, 4) is 0 Å². The molecule has 0 spiro atoms. The number of rotatable bonds is 5. The van der Waals surface area contributed by atoms with E-state index in [1.807, 2.05) is 25.1 Å². The van der Waals surface area contributed by atoms with Crippen LogP contribution >= 0.6 is 24.0 Å². The molecular weight excluding hydrogens is 307 g/mol. The van der Waals surface area contributed by atoms with Crippen LogP contribution in [0.1, 0.15) is 44.6 Å². The van der Waals surface area contributed by atoms with E-state index in [1.165, 1.54) is 18.4 Å². The van der Waals surface area contributed by atoms with Crippen molar-refractivity contribution in [1.82, 2.24) is 5.32 Å². The molecule has 1 atom stereocenters. The van der Waals surface area contributed by atoms with E-state index in [0.29, 0.717) is 13.0 Å². The lowest BCUT2D eigenvalue weighted by molar-refractivity contribution is -0.121. The summed E-state index contributed by atoms with van der Waals surface area (Å²) in [5, 5.41) is 3.81. The second-order valence-electron chi connectivity index (χ2n) is 5.96. The van der Waals surface area contributed by atoms with E-state index in [1.54, 1.807) is 0 Å². The predicted molar refractivity (Wildman–Crippen MR) is 90.1 cm³/mol. The molecule has 1 aliphatic carbocycles. The Labute approximate surface area is 138 Å². The van der Waals surface area contributed by atoms with Gasteiger partial charge in [-0.05, 0) is 37.5 Å². The Kier molecular flexibility index (Phi) is 6.98. The third kappa shape index (κ3) is 4.87. The van der Waals surface area contributed by atoms with E-state index >= 15 is 0 Å². The van der Waals surface area contributed by atoms with E-state index in [9.17, 15) is 4.79 Å². The van der Waals surface area contributed by atoms with Crippen molar-refractivity contribution >= 4 is 29.9 Å². The summed E-state index contributed by atoms with van der Waals surface area (Å²) in [4.78, 5) is 11.8. The molecule has 21 heavy (non-hydrogen) atoms. The van der Waals surface area contributed by atoms with Crippen molar-refractivity contribution < 1.29 is 4.79 Å². The first kappa shape index (κ1) is 18.3. The summed E-state index contributed by atoms with van der Waals surface area (Å²) >= 11 is 6.11. The first-order valence-corrected chi connectivity index (χ1v) is 7.68.